The van der Waals surface area contributed by atoms with Crippen LogP contribution in [0.1, 0.15) is 53.4 Å². The molecule has 1 aliphatic rings. The molecular formula is C15H30N2O2. The topological polar surface area (TPSA) is 52.6 Å². The standard InChI is InChI=1S/C15H30N2O2/c1-5-14(8-9-18)10-16-15(19)13(4)17-11(2)6-7-12(17)3/h11-14,18H,5-10H2,1-4H3,(H,16,19). The van der Waals surface area contributed by atoms with Crippen LogP contribution in [-0.4, -0.2) is 47.2 Å². The van der Waals surface area contributed by atoms with Gasteiger partial charge in [0.1, 0.15) is 0 Å². The van der Waals surface area contributed by atoms with Crippen LogP contribution in [0.3, 0.4) is 0 Å². The van der Waals surface area contributed by atoms with Crippen LogP contribution in [0.15, 0.2) is 0 Å². The lowest BCUT2D eigenvalue weighted by molar-refractivity contribution is -0.127. The molecule has 4 atom stereocenters. The number of likely N-dealkylation sites (tertiary alicyclic amines) is 1. The highest BCUT2D eigenvalue weighted by Gasteiger charge is 2.34. The Hall–Kier alpha value is -0.610. The molecule has 1 fully saturated rings. The average molecular weight is 270 g/mol. The predicted octanol–water partition coefficient (Wildman–Crippen LogP) is 1.77. The summed E-state index contributed by atoms with van der Waals surface area (Å²) in [5.74, 6) is 0.506. The molecule has 1 amide bonds. The molecular weight excluding hydrogens is 240 g/mol. The van der Waals surface area contributed by atoms with E-state index in [1.807, 2.05) is 6.92 Å². The molecule has 19 heavy (non-hydrogen) atoms. The molecule has 0 aliphatic carbocycles. The molecule has 1 heterocycles. The SMILES string of the molecule is CCC(CCO)CNC(=O)C(C)N1C(C)CCC1C. The first-order valence-corrected chi connectivity index (χ1v) is 7.67. The lowest BCUT2D eigenvalue weighted by Gasteiger charge is -2.32. The summed E-state index contributed by atoms with van der Waals surface area (Å²) in [6.07, 6.45) is 4.12. The highest BCUT2D eigenvalue weighted by Crippen LogP contribution is 2.25. The second-order valence-corrected chi connectivity index (χ2v) is 5.93. The fourth-order valence-electron chi connectivity index (χ4n) is 3.14. The number of rotatable bonds is 7. The third-order valence-corrected chi connectivity index (χ3v) is 4.53. The first-order chi connectivity index (χ1) is 9.01. The van der Waals surface area contributed by atoms with E-state index in [0.29, 0.717) is 24.5 Å². The van der Waals surface area contributed by atoms with Crippen molar-refractivity contribution in [1.29, 1.82) is 0 Å². The smallest absolute Gasteiger partial charge is 0.237 e. The van der Waals surface area contributed by atoms with Crippen LogP contribution in [0, 0.1) is 5.92 Å². The molecule has 1 saturated heterocycles. The number of hydrogen-bond donors (Lipinski definition) is 2. The minimum absolute atomic E-state index is 0.0564. The lowest BCUT2D eigenvalue weighted by Crippen LogP contribution is -2.49. The van der Waals surface area contributed by atoms with E-state index in [0.717, 1.165) is 12.8 Å². The normalized spacial score (nSPS) is 27.2. The number of nitrogens with zero attached hydrogens (tertiary/aromatic N) is 1. The van der Waals surface area contributed by atoms with E-state index in [1.54, 1.807) is 0 Å². The van der Waals surface area contributed by atoms with Crippen LogP contribution < -0.4 is 5.32 Å². The fourth-order valence-corrected chi connectivity index (χ4v) is 3.14. The van der Waals surface area contributed by atoms with Gasteiger partial charge in [-0.2, -0.15) is 0 Å². The second kappa shape index (κ2) is 7.85. The molecule has 0 aromatic carbocycles. The zero-order valence-electron chi connectivity index (χ0n) is 12.9. The van der Waals surface area contributed by atoms with Gasteiger partial charge >= 0.3 is 0 Å². The first-order valence-electron chi connectivity index (χ1n) is 7.67. The molecule has 0 bridgehead atoms. The molecule has 0 spiro atoms. The van der Waals surface area contributed by atoms with Gasteiger partial charge in [-0.05, 0) is 46.0 Å². The van der Waals surface area contributed by atoms with E-state index in [1.165, 1.54) is 12.8 Å². The van der Waals surface area contributed by atoms with Crippen molar-refractivity contribution >= 4 is 5.91 Å². The maximum atomic E-state index is 12.2. The van der Waals surface area contributed by atoms with Gasteiger partial charge in [0.25, 0.3) is 0 Å². The number of hydrogen-bond acceptors (Lipinski definition) is 3. The van der Waals surface area contributed by atoms with E-state index < -0.39 is 0 Å². The zero-order valence-corrected chi connectivity index (χ0v) is 12.9. The van der Waals surface area contributed by atoms with Crippen molar-refractivity contribution in [2.45, 2.75) is 71.5 Å². The summed E-state index contributed by atoms with van der Waals surface area (Å²) >= 11 is 0. The van der Waals surface area contributed by atoms with E-state index in [4.69, 9.17) is 5.11 Å². The molecule has 2 N–H and O–H groups in total. The summed E-state index contributed by atoms with van der Waals surface area (Å²) in [5.41, 5.74) is 0. The van der Waals surface area contributed by atoms with E-state index in [2.05, 4.69) is 31.0 Å². The number of aliphatic hydroxyl groups is 1. The Labute approximate surface area is 117 Å². The van der Waals surface area contributed by atoms with Gasteiger partial charge in [-0.3, -0.25) is 9.69 Å². The summed E-state index contributed by atoms with van der Waals surface area (Å²) in [6, 6.07) is 0.935. The Morgan fingerprint density at radius 1 is 1.37 bits per heavy atom. The molecule has 4 unspecified atom stereocenters. The second-order valence-electron chi connectivity index (χ2n) is 5.93. The minimum Gasteiger partial charge on any atom is -0.396 e. The first kappa shape index (κ1) is 16.4. The van der Waals surface area contributed by atoms with Crippen LogP contribution >= 0.6 is 0 Å². The number of carbonyl (C=O) groups is 1. The lowest BCUT2D eigenvalue weighted by atomic mass is 10.0. The monoisotopic (exact) mass is 270 g/mol. The maximum absolute atomic E-state index is 12.2. The van der Waals surface area contributed by atoms with Gasteiger partial charge in [0.2, 0.25) is 5.91 Å². The molecule has 1 aliphatic heterocycles. The molecule has 0 aromatic heterocycles. The molecule has 1 rings (SSSR count). The van der Waals surface area contributed by atoms with Gasteiger partial charge in [-0.15, -0.1) is 0 Å². The van der Waals surface area contributed by atoms with Gasteiger partial charge in [-0.1, -0.05) is 13.3 Å². The Balaban J connectivity index is 2.44. The fraction of sp³-hybridized carbons (Fsp3) is 0.933. The van der Waals surface area contributed by atoms with Crippen LogP contribution in [0.5, 0.6) is 0 Å². The van der Waals surface area contributed by atoms with Crippen LogP contribution in [0.2, 0.25) is 0 Å². The summed E-state index contributed by atoms with van der Waals surface area (Å²) in [6.45, 7) is 9.38. The Kier molecular flexibility index (Phi) is 6.80. The Morgan fingerprint density at radius 2 is 1.95 bits per heavy atom. The molecule has 4 heteroatoms. The number of carbonyl (C=O) groups excluding carboxylic acids is 1. The van der Waals surface area contributed by atoms with Gasteiger partial charge in [0, 0.05) is 25.2 Å². The molecule has 0 aromatic rings. The largest absolute Gasteiger partial charge is 0.396 e. The molecule has 0 saturated carbocycles. The van der Waals surface area contributed by atoms with Crippen molar-refractivity contribution in [1.82, 2.24) is 10.2 Å². The maximum Gasteiger partial charge on any atom is 0.237 e. The average Bonchev–Trinajstić information content (AvgIpc) is 2.72. The highest BCUT2D eigenvalue weighted by atomic mass is 16.3. The molecule has 4 nitrogen and oxygen atoms in total. The van der Waals surface area contributed by atoms with Crippen LogP contribution in [-0.2, 0) is 4.79 Å². The molecule has 0 radical (unpaired) electrons. The van der Waals surface area contributed by atoms with Crippen LogP contribution in [0.4, 0.5) is 0 Å². The molecule has 112 valence electrons. The number of nitrogens with one attached hydrogen (secondary N) is 1. The summed E-state index contributed by atoms with van der Waals surface area (Å²) in [4.78, 5) is 14.6. The number of aliphatic hydroxyl groups excluding tert-OH is 1. The van der Waals surface area contributed by atoms with E-state index in [-0.39, 0.29) is 18.6 Å². The number of amides is 1. The third kappa shape index (κ3) is 4.46. The minimum atomic E-state index is -0.0564. The summed E-state index contributed by atoms with van der Waals surface area (Å²) in [5, 5.41) is 12.0. The summed E-state index contributed by atoms with van der Waals surface area (Å²) < 4.78 is 0. The van der Waals surface area contributed by atoms with Crippen molar-refractivity contribution < 1.29 is 9.90 Å². The van der Waals surface area contributed by atoms with Crippen molar-refractivity contribution in [2.24, 2.45) is 5.92 Å². The van der Waals surface area contributed by atoms with Crippen LogP contribution in [0.25, 0.3) is 0 Å². The quantitative estimate of drug-likeness (QED) is 0.741. The van der Waals surface area contributed by atoms with E-state index >= 15 is 0 Å². The third-order valence-electron chi connectivity index (χ3n) is 4.53. The van der Waals surface area contributed by atoms with Gasteiger partial charge in [-0.25, -0.2) is 0 Å². The summed E-state index contributed by atoms with van der Waals surface area (Å²) in [7, 11) is 0. The van der Waals surface area contributed by atoms with Crippen molar-refractivity contribution in [2.75, 3.05) is 13.2 Å². The highest BCUT2D eigenvalue weighted by molar-refractivity contribution is 5.81. The van der Waals surface area contributed by atoms with Crippen molar-refractivity contribution in [3.63, 3.8) is 0 Å². The Bertz CT molecular complexity index is 273. The Morgan fingerprint density at radius 3 is 2.42 bits per heavy atom. The zero-order chi connectivity index (χ0) is 14.4. The van der Waals surface area contributed by atoms with Crippen molar-refractivity contribution in [3.05, 3.63) is 0 Å². The van der Waals surface area contributed by atoms with E-state index in [9.17, 15) is 4.79 Å². The van der Waals surface area contributed by atoms with Crippen molar-refractivity contribution in [3.8, 4) is 0 Å². The van der Waals surface area contributed by atoms with Gasteiger partial charge < -0.3 is 10.4 Å². The van der Waals surface area contributed by atoms with Gasteiger partial charge in [0.05, 0.1) is 6.04 Å². The van der Waals surface area contributed by atoms with Gasteiger partial charge in [0.15, 0.2) is 0 Å². The predicted molar refractivity (Wildman–Crippen MR) is 78.0 cm³/mol.